The molecule has 0 radical (unpaired) electrons. The molecule has 1 heterocycles. The first kappa shape index (κ1) is 20.1. The summed E-state index contributed by atoms with van der Waals surface area (Å²) in [5, 5.41) is 0. The molecular weight excluding hydrogens is 380 g/mol. The van der Waals surface area contributed by atoms with Crippen molar-refractivity contribution in [1.29, 1.82) is 0 Å². The van der Waals surface area contributed by atoms with Gasteiger partial charge in [0.25, 0.3) is 0 Å². The number of rotatable bonds is 9. The van der Waals surface area contributed by atoms with Crippen LogP contribution in [0.3, 0.4) is 0 Å². The first-order valence-electron chi connectivity index (χ1n) is 9.99. The molecule has 4 rings (SSSR count). The summed E-state index contributed by atoms with van der Waals surface area (Å²) in [5.74, 6) is 0.287. The summed E-state index contributed by atoms with van der Waals surface area (Å²) < 4.78 is 23.4. The molecule has 1 saturated heterocycles. The Morgan fingerprint density at radius 3 is 1.83 bits per heavy atom. The number of benzene rings is 3. The predicted octanol–water partition coefficient (Wildman–Crippen LogP) is 4.16. The van der Waals surface area contributed by atoms with E-state index < -0.39 is 24.3 Å². The van der Waals surface area contributed by atoms with Crippen molar-refractivity contribution in [3.8, 4) is 5.75 Å². The van der Waals surface area contributed by atoms with Crippen molar-refractivity contribution in [1.82, 2.24) is 0 Å². The normalized spacial score (nSPS) is 20.7. The first-order valence-corrected chi connectivity index (χ1v) is 9.99. The van der Waals surface area contributed by atoms with Gasteiger partial charge in [-0.2, -0.15) is 0 Å². The van der Waals surface area contributed by atoms with Gasteiger partial charge >= 0.3 is 5.97 Å². The predicted molar refractivity (Wildman–Crippen MR) is 112 cm³/mol. The number of para-hydroxylation sites is 1. The molecule has 0 amide bonds. The van der Waals surface area contributed by atoms with Crippen LogP contribution in [0.5, 0.6) is 5.75 Å². The molecule has 1 aliphatic heterocycles. The molecule has 5 nitrogen and oxygen atoms in total. The van der Waals surface area contributed by atoms with Gasteiger partial charge in [-0.1, -0.05) is 78.9 Å². The topological polar surface area (TPSA) is 54.0 Å². The van der Waals surface area contributed by atoms with Crippen molar-refractivity contribution in [2.45, 2.75) is 31.5 Å². The Kier molecular flexibility index (Phi) is 6.75. The van der Waals surface area contributed by atoms with E-state index in [1.165, 1.54) is 0 Å². The highest BCUT2D eigenvalue weighted by Gasteiger charge is 2.47. The molecule has 0 saturated carbocycles. The lowest BCUT2D eigenvalue weighted by Crippen LogP contribution is -2.38. The van der Waals surface area contributed by atoms with Crippen LogP contribution in [0.15, 0.2) is 91.0 Å². The van der Waals surface area contributed by atoms with Gasteiger partial charge in [0.1, 0.15) is 18.5 Å². The lowest BCUT2D eigenvalue weighted by molar-refractivity contribution is -0.151. The highest BCUT2D eigenvalue weighted by atomic mass is 16.6. The second-order valence-corrected chi connectivity index (χ2v) is 7.08. The Balaban J connectivity index is 1.44. The lowest BCUT2D eigenvalue weighted by Gasteiger charge is -2.22. The van der Waals surface area contributed by atoms with Crippen LogP contribution in [0.1, 0.15) is 11.1 Å². The Morgan fingerprint density at radius 1 is 0.700 bits per heavy atom. The van der Waals surface area contributed by atoms with Crippen LogP contribution in [0, 0.1) is 0 Å². The van der Waals surface area contributed by atoms with Crippen LogP contribution in [-0.4, -0.2) is 30.9 Å². The quantitative estimate of drug-likeness (QED) is 0.501. The molecule has 0 bridgehead atoms. The number of hydrogen-bond donors (Lipinski definition) is 0. The SMILES string of the molecule is O=C1OC(COc2ccccc2)C(OCc2ccccc2)C1OCc1ccccc1. The van der Waals surface area contributed by atoms with E-state index >= 15 is 0 Å². The minimum atomic E-state index is -0.807. The van der Waals surface area contributed by atoms with Gasteiger partial charge in [-0.15, -0.1) is 0 Å². The van der Waals surface area contributed by atoms with Crippen LogP contribution in [0.4, 0.5) is 0 Å². The summed E-state index contributed by atoms with van der Waals surface area (Å²) in [6.45, 7) is 0.855. The molecular formula is C25H24O5. The molecule has 0 aliphatic carbocycles. The van der Waals surface area contributed by atoms with Crippen molar-refractivity contribution in [3.05, 3.63) is 102 Å². The fourth-order valence-corrected chi connectivity index (χ4v) is 3.32. The van der Waals surface area contributed by atoms with E-state index in [0.29, 0.717) is 19.0 Å². The summed E-state index contributed by atoms with van der Waals surface area (Å²) >= 11 is 0. The van der Waals surface area contributed by atoms with Crippen molar-refractivity contribution in [2.75, 3.05) is 6.61 Å². The monoisotopic (exact) mass is 404 g/mol. The van der Waals surface area contributed by atoms with Gasteiger partial charge in [-0.05, 0) is 23.3 Å². The van der Waals surface area contributed by atoms with E-state index in [2.05, 4.69) is 0 Å². The van der Waals surface area contributed by atoms with Crippen LogP contribution < -0.4 is 4.74 Å². The van der Waals surface area contributed by atoms with Gasteiger partial charge in [0.2, 0.25) is 0 Å². The van der Waals surface area contributed by atoms with E-state index in [-0.39, 0.29) is 6.61 Å². The average Bonchev–Trinajstić information content (AvgIpc) is 3.11. The summed E-state index contributed by atoms with van der Waals surface area (Å²) in [6, 6.07) is 29.0. The summed E-state index contributed by atoms with van der Waals surface area (Å²) in [4.78, 5) is 12.6. The minimum Gasteiger partial charge on any atom is -0.490 e. The third kappa shape index (κ3) is 5.26. The van der Waals surface area contributed by atoms with E-state index in [1.54, 1.807) is 0 Å². The van der Waals surface area contributed by atoms with Crippen molar-refractivity contribution >= 4 is 5.97 Å². The van der Waals surface area contributed by atoms with Crippen molar-refractivity contribution in [2.24, 2.45) is 0 Å². The molecule has 0 spiro atoms. The third-order valence-corrected chi connectivity index (χ3v) is 4.88. The average molecular weight is 404 g/mol. The number of esters is 1. The van der Waals surface area contributed by atoms with Crippen molar-refractivity contribution < 1.29 is 23.7 Å². The minimum absolute atomic E-state index is 0.195. The maximum atomic E-state index is 12.6. The Morgan fingerprint density at radius 2 is 1.23 bits per heavy atom. The third-order valence-electron chi connectivity index (χ3n) is 4.88. The maximum absolute atomic E-state index is 12.6. The van der Waals surface area contributed by atoms with E-state index in [0.717, 1.165) is 11.1 Å². The summed E-state index contributed by atoms with van der Waals surface area (Å²) in [6.07, 6.45) is -1.93. The molecule has 0 aromatic heterocycles. The van der Waals surface area contributed by atoms with Gasteiger partial charge in [0.05, 0.1) is 13.2 Å². The number of cyclic esters (lactones) is 1. The second-order valence-electron chi connectivity index (χ2n) is 7.08. The zero-order valence-electron chi connectivity index (χ0n) is 16.6. The van der Waals surface area contributed by atoms with Crippen molar-refractivity contribution in [3.63, 3.8) is 0 Å². The molecule has 3 aromatic carbocycles. The highest BCUT2D eigenvalue weighted by Crippen LogP contribution is 2.25. The Hall–Kier alpha value is -3.15. The summed E-state index contributed by atoms with van der Waals surface area (Å²) in [5.41, 5.74) is 2.00. The lowest BCUT2D eigenvalue weighted by atomic mass is 10.1. The molecule has 1 fully saturated rings. The molecule has 0 N–H and O–H groups in total. The second kappa shape index (κ2) is 10.1. The molecule has 1 aliphatic rings. The van der Waals surface area contributed by atoms with Crippen LogP contribution >= 0.6 is 0 Å². The molecule has 30 heavy (non-hydrogen) atoms. The molecule has 3 atom stereocenters. The maximum Gasteiger partial charge on any atom is 0.338 e. The van der Waals surface area contributed by atoms with E-state index in [1.807, 2.05) is 91.0 Å². The molecule has 3 aromatic rings. The number of hydrogen-bond acceptors (Lipinski definition) is 5. The van der Waals surface area contributed by atoms with Gasteiger partial charge < -0.3 is 18.9 Å². The first-order chi connectivity index (χ1) is 14.8. The smallest absolute Gasteiger partial charge is 0.338 e. The zero-order chi connectivity index (χ0) is 20.6. The van der Waals surface area contributed by atoms with Crippen LogP contribution in [0.2, 0.25) is 0 Å². The standard InChI is InChI=1S/C25H24O5/c26-25-24(29-17-20-12-6-2-7-13-20)23(28-16-19-10-4-1-5-11-19)22(30-25)18-27-21-14-8-3-9-15-21/h1-15,22-24H,16-18H2. The number of ether oxygens (including phenoxy) is 4. The van der Waals surface area contributed by atoms with Gasteiger partial charge in [-0.3, -0.25) is 0 Å². The summed E-state index contributed by atoms with van der Waals surface area (Å²) in [7, 11) is 0. The van der Waals surface area contributed by atoms with Gasteiger partial charge in [-0.25, -0.2) is 4.79 Å². The fourth-order valence-electron chi connectivity index (χ4n) is 3.32. The molecule has 5 heteroatoms. The van der Waals surface area contributed by atoms with Crippen LogP contribution in [0.25, 0.3) is 0 Å². The fraction of sp³-hybridized carbons (Fsp3) is 0.240. The van der Waals surface area contributed by atoms with Crippen LogP contribution in [-0.2, 0) is 32.2 Å². The van der Waals surface area contributed by atoms with Gasteiger partial charge in [0.15, 0.2) is 12.2 Å². The zero-order valence-corrected chi connectivity index (χ0v) is 16.6. The van der Waals surface area contributed by atoms with Gasteiger partial charge in [0, 0.05) is 0 Å². The Bertz CT molecular complexity index is 914. The number of carbonyl (C=O) groups excluding carboxylic acids is 1. The number of carbonyl (C=O) groups is 1. The Labute approximate surface area is 176 Å². The van der Waals surface area contributed by atoms with E-state index in [4.69, 9.17) is 18.9 Å². The van der Waals surface area contributed by atoms with E-state index in [9.17, 15) is 4.79 Å². The molecule has 3 unspecified atom stereocenters. The largest absolute Gasteiger partial charge is 0.490 e. The molecule has 154 valence electrons. The highest BCUT2D eigenvalue weighted by molar-refractivity contribution is 5.78.